The summed E-state index contributed by atoms with van der Waals surface area (Å²) in [7, 11) is 0. The number of pyridine rings is 4. The fourth-order valence-corrected chi connectivity index (χ4v) is 7.23. The Bertz CT molecular complexity index is 2620. The van der Waals surface area contributed by atoms with Crippen molar-refractivity contribution < 1.29 is 0 Å². The molecule has 4 heteroatoms. The summed E-state index contributed by atoms with van der Waals surface area (Å²) in [5, 5.41) is 14.8. The molecule has 4 nitrogen and oxygen atoms in total. The van der Waals surface area contributed by atoms with Crippen molar-refractivity contribution in [2.75, 3.05) is 0 Å². The van der Waals surface area contributed by atoms with Crippen LogP contribution in [0.25, 0.3) is 86.7 Å². The van der Waals surface area contributed by atoms with Gasteiger partial charge in [0.15, 0.2) is 0 Å². The molecule has 0 aliphatic heterocycles. The molecule has 4 heterocycles. The lowest BCUT2D eigenvalue weighted by Crippen LogP contribution is -1.80. The van der Waals surface area contributed by atoms with Crippen molar-refractivity contribution in [3.63, 3.8) is 0 Å². The van der Waals surface area contributed by atoms with E-state index in [1.807, 2.05) is 97.6 Å². The van der Waals surface area contributed by atoms with Crippen LogP contribution in [0.15, 0.2) is 219 Å². The van der Waals surface area contributed by atoms with Crippen molar-refractivity contribution in [3.05, 3.63) is 219 Å². The maximum absolute atomic E-state index is 4.41. The largest absolute Gasteiger partial charge is 0.256 e. The highest BCUT2D eigenvalue weighted by Crippen LogP contribution is 2.25. The lowest BCUT2D eigenvalue weighted by molar-refractivity contribution is 1.44. The van der Waals surface area contributed by atoms with Crippen LogP contribution >= 0.6 is 0 Å². The first-order chi connectivity index (χ1) is 27.8. The standard InChI is InChI=1S/4C13H9N/c4*1-2-6-11-10(5-1)9-14-13-8-4-3-7-12(11)13/h4*1-9H. The zero-order valence-corrected chi connectivity index (χ0v) is 30.6. The molecule has 0 spiro atoms. The molecular formula is C52H36N4. The van der Waals surface area contributed by atoms with E-state index in [4.69, 9.17) is 0 Å². The second kappa shape index (κ2) is 15.8. The van der Waals surface area contributed by atoms with Crippen molar-refractivity contribution in [1.29, 1.82) is 0 Å². The summed E-state index contributed by atoms with van der Waals surface area (Å²) in [5.74, 6) is 0. The van der Waals surface area contributed by atoms with Crippen molar-refractivity contribution in [1.82, 2.24) is 19.9 Å². The molecule has 4 aromatic heterocycles. The maximum Gasteiger partial charge on any atom is 0.0708 e. The molecule has 0 fully saturated rings. The van der Waals surface area contributed by atoms with Crippen LogP contribution in [0, 0.1) is 0 Å². The quantitative estimate of drug-likeness (QED) is 0.147. The molecule has 0 saturated carbocycles. The van der Waals surface area contributed by atoms with Gasteiger partial charge in [-0.15, -0.1) is 0 Å². The van der Waals surface area contributed by atoms with E-state index in [-0.39, 0.29) is 0 Å². The number of rotatable bonds is 0. The Hall–Kier alpha value is -7.56. The molecule has 0 aliphatic rings. The lowest BCUT2D eigenvalue weighted by Gasteiger charge is -2.01. The third kappa shape index (κ3) is 7.07. The van der Waals surface area contributed by atoms with Gasteiger partial charge in [0, 0.05) is 67.9 Å². The molecule has 0 bridgehead atoms. The Morgan fingerprint density at radius 3 is 0.589 bits per heavy atom. The maximum atomic E-state index is 4.41. The molecule has 0 unspecified atom stereocenters. The van der Waals surface area contributed by atoms with Crippen LogP contribution < -0.4 is 0 Å². The van der Waals surface area contributed by atoms with Gasteiger partial charge in [-0.2, -0.15) is 0 Å². The molecule has 12 aromatic rings. The van der Waals surface area contributed by atoms with Crippen molar-refractivity contribution in [2.45, 2.75) is 0 Å². The fourth-order valence-electron chi connectivity index (χ4n) is 7.23. The van der Waals surface area contributed by atoms with Gasteiger partial charge in [0.1, 0.15) is 0 Å². The van der Waals surface area contributed by atoms with Crippen LogP contribution in [0.1, 0.15) is 0 Å². The summed E-state index contributed by atoms with van der Waals surface area (Å²) in [6, 6.07) is 66.3. The summed E-state index contributed by atoms with van der Waals surface area (Å²) in [6.07, 6.45) is 7.71. The van der Waals surface area contributed by atoms with Gasteiger partial charge in [-0.1, -0.05) is 170 Å². The van der Waals surface area contributed by atoms with Crippen LogP contribution in [-0.2, 0) is 0 Å². The van der Waals surface area contributed by atoms with E-state index in [2.05, 4.69) is 141 Å². The van der Waals surface area contributed by atoms with E-state index in [0.29, 0.717) is 0 Å². The van der Waals surface area contributed by atoms with Gasteiger partial charge < -0.3 is 0 Å². The SMILES string of the molecule is c1ccc2c(c1)cnc1ccccc12.c1ccc2c(c1)cnc1ccccc12.c1ccc2c(c1)cnc1ccccc12.c1ccc2c(c1)cnc1ccccc12. The number of hydrogen-bond acceptors (Lipinski definition) is 4. The molecule has 12 rings (SSSR count). The second-order valence-electron chi connectivity index (χ2n) is 13.5. The summed E-state index contributed by atoms with van der Waals surface area (Å²) >= 11 is 0. The zero-order valence-electron chi connectivity index (χ0n) is 30.6. The Morgan fingerprint density at radius 2 is 0.357 bits per heavy atom. The van der Waals surface area contributed by atoms with E-state index in [0.717, 1.165) is 22.1 Å². The minimum atomic E-state index is 1.06. The number of aromatic nitrogens is 4. The van der Waals surface area contributed by atoms with Gasteiger partial charge >= 0.3 is 0 Å². The van der Waals surface area contributed by atoms with Crippen LogP contribution in [0.5, 0.6) is 0 Å². The predicted molar refractivity (Wildman–Crippen MR) is 237 cm³/mol. The monoisotopic (exact) mass is 716 g/mol. The molecular weight excluding hydrogens is 681 g/mol. The van der Waals surface area contributed by atoms with Gasteiger partial charge in [-0.05, 0) is 45.8 Å². The molecule has 0 aliphatic carbocycles. The molecule has 0 amide bonds. The summed E-state index contributed by atoms with van der Waals surface area (Å²) in [6.45, 7) is 0. The Balaban J connectivity index is 0.0000000975. The third-order valence-corrected chi connectivity index (χ3v) is 9.99. The van der Waals surface area contributed by atoms with Crippen LogP contribution in [0.3, 0.4) is 0 Å². The third-order valence-electron chi connectivity index (χ3n) is 9.99. The number of nitrogens with zero attached hydrogens (tertiary/aromatic N) is 4. The van der Waals surface area contributed by atoms with E-state index in [9.17, 15) is 0 Å². The van der Waals surface area contributed by atoms with Gasteiger partial charge in [0.25, 0.3) is 0 Å². The van der Waals surface area contributed by atoms with E-state index in [1.54, 1.807) is 0 Å². The van der Waals surface area contributed by atoms with E-state index in [1.165, 1.54) is 64.6 Å². The predicted octanol–water partition coefficient (Wildman–Crippen LogP) is 13.6. The average molecular weight is 717 g/mol. The van der Waals surface area contributed by atoms with E-state index >= 15 is 0 Å². The molecule has 0 atom stereocenters. The van der Waals surface area contributed by atoms with Gasteiger partial charge in [0.2, 0.25) is 0 Å². The molecule has 0 N–H and O–H groups in total. The summed E-state index contributed by atoms with van der Waals surface area (Å²) in [5.41, 5.74) is 4.25. The van der Waals surface area contributed by atoms with Gasteiger partial charge in [0.05, 0.1) is 22.1 Å². The Labute approximate surface area is 324 Å². The summed E-state index contributed by atoms with van der Waals surface area (Å²) in [4.78, 5) is 17.6. The van der Waals surface area contributed by atoms with Crippen LogP contribution in [0.2, 0.25) is 0 Å². The number of para-hydroxylation sites is 4. The first-order valence-corrected chi connectivity index (χ1v) is 18.7. The molecule has 8 aromatic carbocycles. The highest BCUT2D eigenvalue weighted by molar-refractivity contribution is 6.07. The van der Waals surface area contributed by atoms with Crippen molar-refractivity contribution in [2.24, 2.45) is 0 Å². The molecule has 264 valence electrons. The Morgan fingerprint density at radius 1 is 0.179 bits per heavy atom. The van der Waals surface area contributed by atoms with Gasteiger partial charge in [-0.3, -0.25) is 19.9 Å². The molecule has 0 saturated heterocycles. The average Bonchev–Trinajstić information content (AvgIpc) is 3.29. The zero-order chi connectivity index (χ0) is 37.5. The van der Waals surface area contributed by atoms with Crippen LogP contribution in [0.4, 0.5) is 0 Å². The topological polar surface area (TPSA) is 51.6 Å². The lowest BCUT2D eigenvalue weighted by atomic mass is 10.1. The normalized spacial score (nSPS) is 10.9. The van der Waals surface area contributed by atoms with Crippen molar-refractivity contribution in [3.8, 4) is 0 Å². The number of benzene rings is 8. The highest BCUT2D eigenvalue weighted by atomic mass is 14.7. The molecule has 0 radical (unpaired) electrons. The first-order valence-electron chi connectivity index (χ1n) is 18.7. The van der Waals surface area contributed by atoms with Crippen molar-refractivity contribution >= 4 is 86.7 Å². The smallest absolute Gasteiger partial charge is 0.0708 e. The molecule has 56 heavy (non-hydrogen) atoms. The Kier molecular flexibility index (Phi) is 9.66. The minimum Gasteiger partial charge on any atom is -0.256 e. The summed E-state index contributed by atoms with van der Waals surface area (Å²) < 4.78 is 0. The number of fused-ring (bicyclic) bond motifs is 12. The number of hydrogen-bond donors (Lipinski definition) is 0. The van der Waals surface area contributed by atoms with Gasteiger partial charge in [-0.25, -0.2) is 0 Å². The first kappa shape index (κ1) is 34.2. The minimum absolute atomic E-state index is 1.06. The fraction of sp³-hybridized carbons (Fsp3) is 0. The highest BCUT2D eigenvalue weighted by Gasteiger charge is 2.02. The van der Waals surface area contributed by atoms with Crippen LogP contribution in [-0.4, -0.2) is 19.9 Å². The second-order valence-corrected chi connectivity index (χ2v) is 13.5. The van der Waals surface area contributed by atoms with E-state index < -0.39 is 0 Å².